The minimum Gasteiger partial charge on any atom is -0.399 e. The molecular weight excluding hydrogens is 252 g/mol. The Bertz CT molecular complexity index is 653. The van der Waals surface area contributed by atoms with E-state index in [2.05, 4.69) is 9.97 Å². The van der Waals surface area contributed by atoms with Gasteiger partial charge in [0.25, 0.3) is 5.56 Å². The smallest absolute Gasteiger partial charge is 0.251 e. The van der Waals surface area contributed by atoms with E-state index in [0.29, 0.717) is 21.3 Å². The normalized spacial score (nSPS) is 10.2. The number of nitrogens with one attached hydrogen (secondary N) is 1. The van der Waals surface area contributed by atoms with Crippen LogP contribution in [-0.4, -0.2) is 15.9 Å². The highest BCUT2D eigenvalue weighted by molar-refractivity contribution is 7.99. The van der Waals surface area contributed by atoms with Crippen LogP contribution in [0.25, 0.3) is 0 Å². The van der Waals surface area contributed by atoms with Crippen molar-refractivity contribution in [3.63, 3.8) is 0 Å². The van der Waals surface area contributed by atoms with Gasteiger partial charge in [0, 0.05) is 22.8 Å². The fraction of sp³-hybridized carbons (Fsp3) is 0. The number of carbonyl (C=O) groups excluding carboxylic acids is 1. The first-order valence-corrected chi connectivity index (χ1v) is 5.80. The lowest BCUT2D eigenvalue weighted by Gasteiger charge is -2.06. The molecule has 0 saturated heterocycles. The van der Waals surface area contributed by atoms with E-state index in [0.717, 1.165) is 11.8 Å². The van der Waals surface area contributed by atoms with Gasteiger partial charge in [-0.15, -0.1) is 0 Å². The van der Waals surface area contributed by atoms with Crippen molar-refractivity contribution in [1.82, 2.24) is 9.97 Å². The number of nitrogens with two attached hydrogens (primary N) is 2. The summed E-state index contributed by atoms with van der Waals surface area (Å²) in [5.74, 6) is -0.559. The standard InChI is InChI=1S/C11H10N4O2S/c12-6-1-2-7(10(13)17)8(5-6)18-11-14-4-3-9(16)15-11/h1-5H,12H2,(H2,13,17)(H,14,15,16). The van der Waals surface area contributed by atoms with Crippen molar-refractivity contribution in [3.8, 4) is 0 Å². The third kappa shape index (κ3) is 2.69. The molecule has 1 amide bonds. The van der Waals surface area contributed by atoms with Crippen LogP contribution in [-0.2, 0) is 0 Å². The molecule has 7 heteroatoms. The number of rotatable bonds is 3. The summed E-state index contributed by atoms with van der Waals surface area (Å²) in [5, 5.41) is 0.371. The molecule has 1 aromatic heterocycles. The third-order valence-electron chi connectivity index (χ3n) is 2.13. The summed E-state index contributed by atoms with van der Waals surface area (Å²) in [4.78, 5) is 29.5. The molecule has 6 nitrogen and oxygen atoms in total. The fourth-order valence-corrected chi connectivity index (χ4v) is 2.28. The van der Waals surface area contributed by atoms with Gasteiger partial charge in [0.2, 0.25) is 5.91 Å². The van der Waals surface area contributed by atoms with Gasteiger partial charge in [-0.05, 0) is 18.2 Å². The van der Waals surface area contributed by atoms with Crippen LogP contribution < -0.4 is 17.0 Å². The lowest BCUT2D eigenvalue weighted by atomic mass is 10.2. The number of aromatic amines is 1. The summed E-state index contributed by atoms with van der Waals surface area (Å²) in [6.45, 7) is 0. The fourth-order valence-electron chi connectivity index (χ4n) is 1.33. The summed E-state index contributed by atoms with van der Waals surface area (Å²) in [7, 11) is 0. The van der Waals surface area contributed by atoms with Crippen molar-refractivity contribution in [2.24, 2.45) is 5.73 Å². The molecule has 5 N–H and O–H groups in total. The summed E-state index contributed by atoms with van der Waals surface area (Å²) in [5.41, 5.74) is 11.5. The first-order valence-electron chi connectivity index (χ1n) is 4.99. The number of primary amides is 1. The third-order valence-corrected chi connectivity index (χ3v) is 3.08. The van der Waals surface area contributed by atoms with Gasteiger partial charge < -0.3 is 16.5 Å². The van der Waals surface area contributed by atoms with Crippen molar-refractivity contribution in [3.05, 3.63) is 46.4 Å². The molecule has 0 atom stereocenters. The molecule has 92 valence electrons. The predicted molar refractivity (Wildman–Crippen MR) is 68.4 cm³/mol. The van der Waals surface area contributed by atoms with E-state index in [1.807, 2.05) is 0 Å². The average molecular weight is 262 g/mol. The first-order chi connectivity index (χ1) is 8.56. The number of H-pyrrole nitrogens is 1. The molecule has 18 heavy (non-hydrogen) atoms. The highest BCUT2D eigenvalue weighted by Crippen LogP contribution is 2.28. The van der Waals surface area contributed by atoms with Crippen LogP contribution in [0.4, 0.5) is 5.69 Å². The van der Waals surface area contributed by atoms with Gasteiger partial charge in [0.1, 0.15) is 0 Å². The maximum absolute atomic E-state index is 11.3. The van der Waals surface area contributed by atoms with Crippen LogP contribution in [0.3, 0.4) is 0 Å². The topological polar surface area (TPSA) is 115 Å². The van der Waals surface area contributed by atoms with E-state index in [1.165, 1.54) is 12.3 Å². The van der Waals surface area contributed by atoms with Crippen LogP contribution in [0.5, 0.6) is 0 Å². The number of nitrogen functional groups attached to an aromatic ring is 1. The highest BCUT2D eigenvalue weighted by Gasteiger charge is 2.10. The Morgan fingerprint density at radius 1 is 1.33 bits per heavy atom. The molecule has 0 aliphatic heterocycles. The van der Waals surface area contributed by atoms with Crippen molar-refractivity contribution in [1.29, 1.82) is 0 Å². The van der Waals surface area contributed by atoms with E-state index in [-0.39, 0.29) is 5.56 Å². The van der Waals surface area contributed by atoms with E-state index in [9.17, 15) is 9.59 Å². The molecule has 0 saturated carbocycles. The Balaban J connectivity index is 2.42. The molecule has 0 fully saturated rings. The average Bonchev–Trinajstić information content (AvgIpc) is 2.28. The Morgan fingerprint density at radius 2 is 2.11 bits per heavy atom. The number of nitrogens with zero attached hydrogens (tertiary/aromatic N) is 1. The first kappa shape index (κ1) is 12.2. The second-order valence-electron chi connectivity index (χ2n) is 3.46. The number of anilines is 1. The lowest BCUT2D eigenvalue weighted by molar-refractivity contribution is 0.0997. The molecule has 2 rings (SSSR count). The van der Waals surface area contributed by atoms with Gasteiger partial charge in [0.05, 0.1) is 5.56 Å². The van der Waals surface area contributed by atoms with Gasteiger partial charge in [-0.2, -0.15) is 0 Å². The Labute approximate surface area is 106 Å². The number of benzene rings is 1. The molecule has 0 aliphatic rings. The summed E-state index contributed by atoms with van der Waals surface area (Å²) < 4.78 is 0. The second kappa shape index (κ2) is 4.92. The Hall–Kier alpha value is -2.28. The molecule has 2 aromatic rings. The van der Waals surface area contributed by atoms with Crippen LogP contribution in [0.1, 0.15) is 10.4 Å². The van der Waals surface area contributed by atoms with Crippen LogP contribution in [0.15, 0.2) is 45.3 Å². The number of hydrogen-bond acceptors (Lipinski definition) is 5. The van der Waals surface area contributed by atoms with Crippen molar-refractivity contribution in [2.75, 3.05) is 5.73 Å². The maximum Gasteiger partial charge on any atom is 0.251 e. The van der Waals surface area contributed by atoms with Crippen molar-refractivity contribution < 1.29 is 4.79 Å². The largest absolute Gasteiger partial charge is 0.399 e. The molecular formula is C11H10N4O2S. The van der Waals surface area contributed by atoms with Gasteiger partial charge in [-0.1, -0.05) is 11.8 Å². The van der Waals surface area contributed by atoms with Gasteiger partial charge >= 0.3 is 0 Å². The Morgan fingerprint density at radius 3 is 2.78 bits per heavy atom. The zero-order chi connectivity index (χ0) is 13.1. The number of hydrogen-bond donors (Lipinski definition) is 3. The Kier molecular flexibility index (Phi) is 3.33. The molecule has 0 spiro atoms. The maximum atomic E-state index is 11.3. The zero-order valence-corrected chi connectivity index (χ0v) is 10.0. The molecule has 0 aliphatic carbocycles. The van der Waals surface area contributed by atoms with Gasteiger partial charge in [-0.3, -0.25) is 9.59 Å². The van der Waals surface area contributed by atoms with Crippen LogP contribution in [0, 0.1) is 0 Å². The minimum absolute atomic E-state index is 0.267. The monoisotopic (exact) mass is 262 g/mol. The molecule has 0 bridgehead atoms. The van der Waals surface area contributed by atoms with Gasteiger partial charge in [0.15, 0.2) is 5.16 Å². The zero-order valence-electron chi connectivity index (χ0n) is 9.21. The summed E-state index contributed by atoms with van der Waals surface area (Å²) in [6.07, 6.45) is 1.39. The summed E-state index contributed by atoms with van der Waals surface area (Å²) in [6, 6.07) is 6.04. The van der Waals surface area contributed by atoms with E-state index in [1.54, 1.807) is 18.2 Å². The molecule has 1 aromatic carbocycles. The SMILES string of the molecule is NC(=O)c1ccc(N)cc1Sc1nccc(=O)[nH]1. The summed E-state index contributed by atoms with van der Waals surface area (Å²) >= 11 is 1.12. The predicted octanol–water partition coefficient (Wildman–Crippen LogP) is 0.602. The highest BCUT2D eigenvalue weighted by atomic mass is 32.2. The van der Waals surface area contributed by atoms with Crippen molar-refractivity contribution in [2.45, 2.75) is 10.1 Å². The quantitative estimate of drug-likeness (QED) is 0.553. The van der Waals surface area contributed by atoms with E-state index in [4.69, 9.17) is 11.5 Å². The number of carbonyl (C=O) groups is 1. The van der Waals surface area contributed by atoms with Crippen LogP contribution >= 0.6 is 11.8 Å². The molecule has 0 radical (unpaired) electrons. The van der Waals surface area contributed by atoms with Gasteiger partial charge in [-0.25, -0.2) is 4.98 Å². The second-order valence-corrected chi connectivity index (χ2v) is 4.49. The lowest BCUT2D eigenvalue weighted by Crippen LogP contribution is -2.12. The van der Waals surface area contributed by atoms with Crippen LogP contribution in [0.2, 0.25) is 0 Å². The van der Waals surface area contributed by atoms with E-state index < -0.39 is 5.91 Å². The molecule has 1 heterocycles. The van der Waals surface area contributed by atoms with Crippen molar-refractivity contribution >= 4 is 23.4 Å². The number of amides is 1. The van der Waals surface area contributed by atoms with E-state index >= 15 is 0 Å². The number of aromatic nitrogens is 2. The minimum atomic E-state index is -0.559. The molecule has 0 unspecified atom stereocenters.